The SMILES string of the molecule is CC(=O)N1CCc2c(c(N3CCCc4ccc(C(F)F)cc43)nn2C2CCN(C3CCC4(CC3)CN(/C(N)=C/C=C(\N)C(=O)O)C4)CC2)C1. The number of nitrogens with two attached hydrogens (primary N) is 2. The number of carbonyl (C=O) groups is 2. The number of rotatable bonds is 7. The summed E-state index contributed by atoms with van der Waals surface area (Å²) < 4.78 is 29.7. The Kier molecular flexibility index (Phi) is 9.06. The van der Waals surface area contributed by atoms with Crippen molar-refractivity contribution in [1.29, 1.82) is 0 Å². The molecule has 5 aliphatic rings. The van der Waals surface area contributed by atoms with Gasteiger partial charge in [-0.2, -0.15) is 5.10 Å². The Morgan fingerprint density at radius 1 is 0.980 bits per heavy atom. The standard InChI is InChI=1S/C36H48F2N8O3/c1-23(47)43-18-12-30-28(20-43)34(45-15-2-3-24-4-5-25(33(37)38)19-31(24)45)41-46(30)27-10-16-42(17-11-27)26-8-13-36(14-9-26)21-44(22-36)32(40)7-6-29(39)35(48)49/h4-7,19,26-27,33H,2-3,8-18,20-22,39-40H2,1H3,(H,48,49)/b29-6-,32-7+. The summed E-state index contributed by atoms with van der Waals surface area (Å²) in [4.78, 5) is 32.2. The van der Waals surface area contributed by atoms with Crippen molar-refractivity contribution in [2.45, 2.75) is 89.8 Å². The van der Waals surface area contributed by atoms with E-state index in [2.05, 4.69) is 19.4 Å². The molecule has 0 atom stereocenters. The van der Waals surface area contributed by atoms with Gasteiger partial charge < -0.3 is 36.2 Å². The third-order valence-corrected chi connectivity index (χ3v) is 11.7. The van der Waals surface area contributed by atoms with Gasteiger partial charge in [0.15, 0.2) is 5.82 Å². The lowest BCUT2D eigenvalue weighted by Gasteiger charge is -2.55. The number of halogens is 2. The largest absolute Gasteiger partial charge is 0.477 e. The van der Waals surface area contributed by atoms with Crippen LogP contribution < -0.4 is 16.4 Å². The summed E-state index contributed by atoms with van der Waals surface area (Å²) in [5, 5.41) is 14.2. The highest BCUT2D eigenvalue weighted by atomic mass is 19.3. The third kappa shape index (κ3) is 6.49. The quantitative estimate of drug-likeness (QED) is 0.287. The van der Waals surface area contributed by atoms with Gasteiger partial charge in [0.05, 0.1) is 18.4 Å². The van der Waals surface area contributed by atoms with Crippen LogP contribution in [-0.4, -0.2) is 86.8 Å². The van der Waals surface area contributed by atoms with Gasteiger partial charge in [-0.05, 0) is 75.1 Å². The van der Waals surface area contributed by atoms with Crippen LogP contribution in [-0.2, 0) is 29.0 Å². The molecule has 1 aromatic heterocycles. The van der Waals surface area contributed by atoms with Crippen molar-refractivity contribution in [3.8, 4) is 0 Å². The Hall–Kier alpha value is -4.13. The number of amides is 1. The zero-order valence-corrected chi connectivity index (χ0v) is 28.3. The minimum absolute atomic E-state index is 0.0249. The van der Waals surface area contributed by atoms with Crippen molar-refractivity contribution in [1.82, 2.24) is 24.5 Å². The highest BCUT2D eigenvalue weighted by Gasteiger charge is 2.46. The third-order valence-electron chi connectivity index (χ3n) is 11.7. The predicted octanol–water partition coefficient (Wildman–Crippen LogP) is 4.42. The number of anilines is 2. The first kappa shape index (κ1) is 33.4. The van der Waals surface area contributed by atoms with E-state index in [0.29, 0.717) is 31.5 Å². The maximum absolute atomic E-state index is 13.7. The van der Waals surface area contributed by atoms with Gasteiger partial charge in [-0.15, -0.1) is 0 Å². The van der Waals surface area contributed by atoms with E-state index in [-0.39, 0.29) is 28.6 Å². The monoisotopic (exact) mass is 678 g/mol. The lowest BCUT2D eigenvalue weighted by Crippen LogP contribution is -2.59. The number of aliphatic carboxylic acids is 1. The van der Waals surface area contributed by atoms with Gasteiger partial charge >= 0.3 is 5.97 Å². The smallest absolute Gasteiger partial charge is 0.351 e. The van der Waals surface area contributed by atoms with Crippen LogP contribution in [0.1, 0.15) is 86.7 Å². The summed E-state index contributed by atoms with van der Waals surface area (Å²) in [7, 11) is 0. The van der Waals surface area contributed by atoms with Crippen molar-refractivity contribution in [3.05, 3.63) is 64.3 Å². The molecule has 1 aromatic carbocycles. The van der Waals surface area contributed by atoms with Crippen LogP contribution in [0.15, 0.2) is 41.9 Å². The number of allylic oxidation sites excluding steroid dienone is 2. The summed E-state index contributed by atoms with van der Waals surface area (Å²) in [6.07, 6.45) is 9.53. The van der Waals surface area contributed by atoms with Crippen molar-refractivity contribution in [2.75, 3.05) is 44.2 Å². The number of aromatic nitrogens is 2. The molecule has 1 amide bonds. The van der Waals surface area contributed by atoms with E-state index < -0.39 is 12.4 Å². The van der Waals surface area contributed by atoms with Gasteiger partial charge in [-0.1, -0.05) is 12.1 Å². The molecule has 0 radical (unpaired) electrons. The van der Waals surface area contributed by atoms with Crippen LogP contribution in [0.4, 0.5) is 20.3 Å². The van der Waals surface area contributed by atoms with Gasteiger partial charge in [-0.25, -0.2) is 13.6 Å². The first-order chi connectivity index (χ1) is 23.5. The normalized spacial score (nSPS) is 22.3. The zero-order chi connectivity index (χ0) is 34.4. The van der Waals surface area contributed by atoms with Crippen LogP contribution in [0.3, 0.4) is 0 Å². The number of hydrogen-bond donors (Lipinski definition) is 3. The number of nitrogens with zero attached hydrogens (tertiary/aromatic N) is 6. The fourth-order valence-electron chi connectivity index (χ4n) is 8.85. The number of carboxylic acid groups (broad SMARTS) is 1. The van der Waals surface area contributed by atoms with E-state index in [4.69, 9.17) is 21.7 Å². The maximum atomic E-state index is 13.7. The molecule has 0 unspecified atom stereocenters. The van der Waals surface area contributed by atoms with Crippen molar-refractivity contribution < 1.29 is 23.5 Å². The van der Waals surface area contributed by atoms with Gasteiger partial charge in [0, 0.05) is 86.6 Å². The Balaban J connectivity index is 1.02. The molecule has 4 aliphatic heterocycles. The van der Waals surface area contributed by atoms with Crippen LogP contribution in [0.5, 0.6) is 0 Å². The van der Waals surface area contributed by atoms with Crippen molar-refractivity contribution in [3.63, 3.8) is 0 Å². The molecule has 5 N–H and O–H groups in total. The molecule has 5 heterocycles. The number of aryl methyl sites for hydroxylation is 1. The second-order valence-corrected chi connectivity index (χ2v) is 14.7. The summed E-state index contributed by atoms with van der Waals surface area (Å²) in [6, 6.07) is 5.82. The van der Waals surface area contributed by atoms with E-state index in [0.717, 1.165) is 107 Å². The topological polar surface area (TPSA) is 137 Å². The Labute approximate surface area is 286 Å². The van der Waals surface area contributed by atoms with Gasteiger partial charge in [-0.3, -0.25) is 9.48 Å². The number of carboxylic acids is 1. The molecule has 3 fully saturated rings. The van der Waals surface area contributed by atoms with Gasteiger partial charge in [0.25, 0.3) is 6.43 Å². The predicted molar refractivity (Wildman–Crippen MR) is 182 cm³/mol. The Morgan fingerprint density at radius 3 is 2.39 bits per heavy atom. The second kappa shape index (κ2) is 13.3. The van der Waals surface area contributed by atoms with Gasteiger partial charge in [0.2, 0.25) is 5.91 Å². The van der Waals surface area contributed by atoms with Crippen LogP contribution in [0, 0.1) is 5.41 Å². The minimum Gasteiger partial charge on any atom is -0.477 e. The highest BCUT2D eigenvalue weighted by Crippen LogP contribution is 2.46. The van der Waals surface area contributed by atoms with Crippen LogP contribution >= 0.6 is 0 Å². The Morgan fingerprint density at radius 2 is 1.71 bits per heavy atom. The molecule has 1 aliphatic carbocycles. The molecule has 2 aromatic rings. The second-order valence-electron chi connectivity index (χ2n) is 14.7. The van der Waals surface area contributed by atoms with E-state index in [9.17, 15) is 18.4 Å². The van der Waals surface area contributed by atoms with E-state index in [1.165, 1.54) is 17.8 Å². The van der Waals surface area contributed by atoms with Gasteiger partial charge in [0.1, 0.15) is 5.70 Å². The number of fused-ring (bicyclic) bond motifs is 2. The molecule has 1 spiro atoms. The number of alkyl halides is 2. The Bertz CT molecular complexity index is 1650. The molecular weight excluding hydrogens is 630 g/mol. The minimum atomic E-state index is -2.53. The zero-order valence-electron chi connectivity index (χ0n) is 28.3. The van der Waals surface area contributed by atoms with E-state index in [1.54, 1.807) is 19.1 Å². The van der Waals surface area contributed by atoms with Crippen LogP contribution in [0.2, 0.25) is 0 Å². The molecule has 0 bridgehead atoms. The fraction of sp³-hybridized carbons (Fsp3) is 0.583. The molecule has 11 nitrogen and oxygen atoms in total. The number of likely N-dealkylation sites (tertiary alicyclic amines) is 2. The summed E-state index contributed by atoms with van der Waals surface area (Å²) in [6.45, 7) is 7.28. The molecule has 1 saturated carbocycles. The van der Waals surface area contributed by atoms with Crippen LogP contribution in [0.25, 0.3) is 0 Å². The number of carbonyl (C=O) groups excluding carboxylic acids is 1. The lowest BCUT2D eigenvalue weighted by molar-refractivity contribution is -0.132. The first-order valence-corrected chi connectivity index (χ1v) is 17.7. The lowest BCUT2D eigenvalue weighted by atomic mass is 9.67. The van der Waals surface area contributed by atoms with Crippen molar-refractivity contribution >= 4 is 23.4 Å². The average Bonchev–Trinajstić information content (AvgIpc) is 3.47. The number of hydrogen-bond acceptors (Lipinski definition) is 8. The number of piperidine rings is 1. The average molecular weight is 679 g/mol. The molecule has 2 saturated heterocycles. The fourth-order valence-corrected chi connectivity index (χ4v) is 8.85. The maximum Gasteiger partial charge on any atom is 0.351 e. The van der Waals surface area contributed by atoms with Crippen molar-refractivity contribution in [2.24, 2.45) is 16.9 Å². The first-order valence-electron chi connectivity index (χ1n) is 17.7. The molecule has 7 rings (SSSR count). The summed E-state index contributed by atoms with van der Waals surface area (Å²) in [5.41, 5.74) is 15.9. The van der Waals surface area contributed by atoms with E-state index in [1.807, 2.05) is 11.0 Å². The summed E-state index contributed by atoms with van der Waals surface area (Å²) >= 11 is 0. The molecule has 13 heteroatoms. The molecular formula is C36H48F2N8O3. The molecule has 49 heavy (non-hydrogen) atoms. The molecule has 264 valence electrons. The highest BCUT2D eigenvalue weighted by molar-refractivity contribution is 5.85. The number of benzene rings is 1. The van der Waals surface area contributed by atoms with E-state index >= 15 is 0 Å². The summed E-state index contributed by atoms with van der Waals surface area (Å²) in [5.74, 6) is 0.259.